The van der Waals surface area contributed by atoms with Crippen molar-refractivity contribution in [3.63, 3.8) is 0 Å². The summed E-state index contributed by atoms with van der Waals surface area (Å²) in [5.74, 6) is -0.943. The molecular formula is C18H19NO5. The van der Waals surface area contributed by atoms with Gasteiger partial charge in [-0.25, -0.2) is 4.79 Å². The lowest BCUT2D eigenvalue weighted by atomic mass is 10.0. The smallest absolute Gasteiger partial charge is 0.355 e. The summed E-state index contributed by atoms with van der Waals surface area (Å²) >= 11 is 0. The summed E-state index contributed by atoms with van der Waals surface area (Å²) in [5.41, 5.74) is 2.61. The van der Waals surface area contributed by atoms with Crippen molar-refractivity contribution in [1.82, 2.24) is 4.98 Å². The SMILES string of the molecule is COC(=O)CCc1c(C(=O)OCc2ccccc2)[nH]c(C=O)c1C. The van der Waals surface area contributed by atoms with Crippen molar-refractivity contribution in [3.05, 3.63) is 58.4 Å². The summed E-state index contributed by atoms with van der Waals surface area (Å²) in [6.07, 6.45) is 1.05. The van der Waals surface area contributed by atoms with Crippen molar-refractivity contribution in [1.29, 1.82) is 0 Å². The van der Waals surface area contributed by atoms with Gasteiger partial charge in [0.05, 0.1) is 12.8 Å². The van der Waals surface area contributed by atoms with Gasteiger partial charge in [0.25, 0.3) is 0 Å². The first-order valence-electron chi connectivity index (χ1n) is 7.51. The lowest BCUT2D eigenvalue weighted by molar-refractivity contribution is -0.140. The number of rotatable bonds is 7. The summed E-state index contributed by atoms with van der Waals surface area (Å²) in [6, 6.07) is 9.29. The number of H-pyrrole nitrogens is 1. The van der Waals surface area contributed by atoms with Crippen LogP contribution in [0.5, 0.6) is 0 Å². The number of aldehydes is 1. The van der Waals surface area contributed by atoms with E-state index in [1.807, 2.05) is 30.3 Å². The van der Waals surface area contributed by atoms with Crippen LogP contribution in [-0.4, -0.2) is 30.3 Å². The van der Waals surface area contributed by atoms with Crippen molar-refractivity contribution < 1.29 is 23.9 Å². The minimum atomic E-state index is -0.560. The molecule has 0 saturated carbocycles. The third-order valence-electron chi connectivity index (χ3n) is 3.76. The van der Waals surface area contributed by atoms with Crippen LogP contribution < -0.4 is 0 Å². The van der Waals surface area contributed by atoms with Crippen LogP contribution in [0.25, 0.3) is 0 Å². The molecule has 2 rings (SSSR count). The first-order valence-corrected chi connectivity index (χ1v) is 7.51. The van der Waals surface area contributed by atoms with Crippen molar-refractivity contribution in [2.45, 2.75) is 26.4 Å². The predicted octanol–water partition coefficient (Wildman–Crippen LogP) is 2.60. The number of hydrogen-bond donors (Lipinski definition) is 1. The van der Waals surface area contributed by atoms with Gasteiger partial charge in [0.1, 0.15) is 12.3 Å². The zero-order valence-corrected chi connectivity index (χ0v) is 13.6. The highest BCUT2D eigenvalue weighted by Crippen LogP contribution is 2.21. The molecule has 1 aromatic carbocycles. The van der Waals surface area contributed by atoms with Gasteiger partial charge in [-0.3, -0.25) is 9.59 Å². The number of carbonyl (C=O) groups excluding carboxylic acids is 3. The Balaban J connectivity index is 2.16. The number of carbonyl (C=O) groups is 3. The average molecular weight is 329 g/mol. The lowest BCUT2D eigenvalue weighted by Gasteiger charge is -2.07. The molecule has 0 saturated heterocycles. The molecule has 0 atom stereocenters. The van der Waals surface area contributed by atoms with Gasteiger partial charge in [-0.15, -0.1) is 0 Å². The fourth-order valence-electron chi connectivity index (χ4n) is 2.38. The van der Waals surface area contributed by atoms with Crippen LogP contribution in [0.4, 0.5) is 0 Å². The van der Waals surface area contributed by atoms with Gasteiger partial charge in [-0.05, 0) is 30.0 Å². The van der Waals surface area contributed by atoms with E-state index in [-0.39, 0.29) is 24.7 Å². The topological polar surface area (TPSA) is 85.5 Å². The van der Waals surface area contributed by atoms with E-state index in [1.165, 1.54) is 7.11 Å². The monoisotopic (exact) mass is 329 g/mol. The van der Waals surface area contributed by atoms with Crippen molar-refractivity contribution in [3.8, 4) is 0 Å². The molecule has 1 N–H and O–H groups in total. The summed E-state index contributed by atoms with van der Waals surface area (Å²) < 4.78 is 9.91. The quantitative estimate of drug-likeness (QED) is 0.623. The normalized spacial score (nSPS) is 10.2. The fraction of sp³-hybridized carbons (Fsp3) is 0.278. The van der Waals surface area contributed by atoms with E-state index in [0.29, 0.717) is 29.5 Å². The Morgan fingerprint density at radius 1 is 1.21 bits per heavy atom. The zero-order valence-electron chi connectivity index (χ0n) is 13.6. The van der Waals surface area contributed by atoms with Gasteiger partial charge in [-0.1, -0.05) is 30.3 Å². The number of hydrogen-bond acceptors (Lipinski definition) is 5. The summed E-state index contributed by atoms with van der Waals surface area (Å²) in [5, 5.41) is 0. The number of nitrogens with one attached hydrogen (secondary N) is 1. The van der Waals surface area contributed by atoms with E-state index in [9.17, 15) is 14.4 Å². The molecule has 6 heteroatoms. The molecule has 0 bridgehead atoms. The highest BCUT2D eigenvalue weighted by atomic mass is 16.5. The highest BCUT2D eigenvalue weighted by Gasteiger charge is 2.21. The maximum absolute atomic E-state index is 12.3. The second kappa shape index (κ2) is 8.10. The van der Waals surface area contributed by atoms with Crippen molar-refractivity contribution in [2.24, 2.45) is 0 Å². The molecule has 0 unspecified atom stereocenters. The molecule has 126 valence electrons. The standard InChI is InChI=1S/C18H19NO5/c1-12-14(8-9-16(21)23-2)17(19-15(12)10-20)18(22)24-11-13-6-4-3-5-7-13/h3-7,10,19H,8-9,11H2,1-2H3. The van der Waals surface area contributed by atoms with E-state index >= 15 is 0 Å². The third-order valence-corrected chi connectivity index (χ3v) is 3.76. The van der Waals surface area contributed by atoms with E-state index in [4.69, 9.17) is 4.74 Å². The molecule has 0 fully saturated rings. The molecule has 0 radical (unpaired) electrons. The minimum absolute atomic E-state index is 0.118. The Morgan fingerprint density at radius 2 is 1.92 bits per heavy atom. The number of aromatic nitrogens is 1. The Hall–Kier alpha value is -2.89. The van der Waals surface area contributed by atoms with Crippen molar-refractivity contribution in [2.75, 3.05) is 7.11 Å². The molecule has 1 heterocycles. The lowest BCUT2D eigenvalue weighted by Crippen LogP contribution is -2.10. The van der Waals surface area contributed by atoms with Crippen LogP contribution >= 0.6 is 0 Å². The third kappa shape index (κ3) is 4.10. The number of esters is 2. The average Bonchev–Trinajstić information content (AvgIpc) is 2.94. The fourth-order valence-corrected chi connectivity index (χ4v) is 2.38. The minimum Gasteiger partial charge on any atom is -0.469 e. The second-order valence-electron chi connectivity index (χ2n) is 5.27. The molecule has 0 aliphatic carbocycles. The summed E-state index contributed by atoms with van der Waals surface area (Å²) in [7, 11) is 1.30. The van der Waals surface area contributed by atoms with Gasteiger partial charge in [0.2, 0.25) is 0 Å². The Kier molecular flexibility index (Phi) is 5.89. The van der Waals surface area contributed by atoms with Crippen LogP contribution in [0.1, 0.15) is 44.1 Å². The second-order valence-corrected chi connectivity index (χ2v) is 5.27. The molecule has 0 aliphatic heterocycles. The van der Waals surface area contributed by atoms with Crippen LogP contribution in [-0.2, 0) is 27.3 Å². The first kappa shape index (κ1) is 17.5. The Labute approximate surface area is 139 Å². The van der Waals surface area contributed by atoms with Crippen molar-refractivity contribution >= 4 is 18.2 Å². The van der Waals surface area contributed by atoms with Gasteiger partial charge in [-0.2, -0.15) is 0 Å². The summed E-state index contributed by atoms with van der Waals surface area (Å²) in [6.45, 7) is 1.85. The number of aromatic amines is 1. The van der Waals surface area contributed by atoms with Crippen LogP contribution in [0, 0.1) is 6.92 Å². The number of benzene rings is 1. The zero-order chi connectivity index (χ0) is 17.5. The van der Waals surface area contributed by atoms with Crippen LogP contribution in [0.15, 0.2) is 30.3 Å². The molecular weight excluding hydrogens is 310 g/mol. The largest absolute Gasteiger partial charge is 0.469 e. The van der Waals surface area contributed by atoms with Crippen LogP contribution in [0.2, 0.25) is 0 Å². The van der Waals surface area contributed by atoms with E-state index in [0.717, 1.165) is 5.56 Å². The van der Waals surface area contributed by atoms with Gasteiger partial charge in [0.15, 0.2) is 6.29 Å². The summed E-state index contributed by atoms with van der Waals surface area (Å²) in [4.78, 5) is 37.6. The Bertz CT molecular complexity index is 733. The van der Waals surface area contributed by atoms with Crippen LogP contribution in [0.3, 0.4) is 0 Å². The molecule has 0 aliphatic rings. The first-order chi connectivity index (χ1) is 11.6. The van der Waals surface area contributed by atoms with E-state index in [2.05, 4.69) is 9.72 Å². The maximum Gasteiger partial charge on any atom is 0.355 e. The van der Waals surface area contributed by atoms with E-state index in [1.54, 1.807) is 6.92 Å². The predicted molar refractivity (Wildman–Crippen MR) is 86.8 cm³/mol. The number of methoxy groups -OCH3 is 1. The Morgan fingerprint density at radius 3 is 2.54 bits per heavy atom. The molecule has 24 heavy (non-hydrogen) atoms. The molecule has 0 spiro atoms. The molecule has 2 aromatic rings. The van der Waals surface area contributed by atoms with Gasteiger partial charge >= 0.3 is 11.9 Å². The number of ether oxygens (including phenoxy) is 2. The van der Waals surface area contributed by atoms with E-state index < -0.39 is 5.97 Å². The van der Waals surface area contributed by atoms with Gasteiger partial charge < -0.3 is 14.5 Å². The molecule has 1 aromatic heterocycles. The maximum atomic E-state index is 12.3. The molecule has 6 nitrogen and oxygen atoms in total. The highest BCUT2D eigenvalue weighted by molar-refractivity contribution is 5.92. The van der Waals surface area contributed by atoms with Gasteiger partial charge in [0, 0.05) is 6.42 Å². The molecule has 0 amide bonds.